The van der Waals surface area contributed by atoms with Gasteiger partial charge in [0.05, 0.1) is 20.8 Å². The molecule has 5 heteroatoms. The minimum Gasteiger partial charge on any atom is -0.370 e. The third kappa shape index (κ3) is 3.00. The zero-order valence-electron chi connectivity index (χ0n) is 9.64. The Bertz CT molecular complexity index is 401. The average Bonchev–Trinajstić information content (AvgIpc) is 2.34. The lowest BCUT2D eigenvalue weighted by Gasteiger charge is -2.34. The SMILES string of the molecule is CNC1CCN(c2cc(Cl)c(Cl)cc2Cl)CC1. The molecule has 94 valence electrons. The van der Waals surface area contributed by atoms with Crippen LogP contribution in [0.4, 0.5) is 5.69 Å². The molecule has 1 fully saturated rings. The van der Waals surface area contributed by atoms with E-state index < -0.39 is 0 Å². The van der Waals surface area contributed by atoms with E-state index in [9.17, 15) is 0 Å². The third-order valence-electron chi connectivity index (χ3n) is 3.23. The van der Waals surface area contributed by atoms with Crippen LogP contribution in [0, 0.1) is 0 Å². The van der Waals surface area contributed by atoms with Gasteiger partial charge in [0.15, 0.2) is 0 Å². The zero-order chi connectivity index (χ0) is 12.4. The molecule has 1 aromatic rings. The molecule has 0 radical (unpaired) electrons. The number of nitrogens with one attached hydrogen (secondary N) is 1. The van der Waals surface area contributed by atoms with Crippen LogP contribution in [0.1, 0.15) is 12.8 Å². The minimum atomic E-state index is 0.505. The van der Waals surface area contributed by atoms with Crippen LogP contribution in [0.3, 0.4) is 0 Å². The van der Waals surface area contributed by atoms with Crippen LogP contribution in [0.2, 0.25) is 15.1 Å². The molecule has 0 saturated carbocycles. The van der Waals surface area contributed by atoms with E-state index in [1.54, 1.807) is 6.07 Å². The summed E-state index contributed by atoms with van der Waals surface area (Å²) >= 11 is 18.2. The smallest absolute Gasteiger partial charge is 0.0655 e. The molecular weight excluding hydrogens is 279 g/mol. The molecule has 1 saturated heterocycles. The first kappa shape index (κ1) is 13.3. The number of rotatable bonds is 2. The predicted octanol–water partition coefficient (Wildman–Crippen LogP) is 3.84. The first-order valence-electron chi connectivity index (χ1n) is 5.68. The van der Waals surface area contributed by atoms with Gasteiger partial charge < -0.3 is 10.2 Å². The Morgan fingerprint density at radius 2 is 1.65 bits per heavy atom. The van der Waals surface area contributed by atoms with Gasteiger partial charge >= 0.3 is 0 Å². The lowest BCUT2D eigenvalue weighted by atomic mass is 10.0. The fourth-order valence-electron chi connectivity index (χ4n) is 2.16. The third-order valence-corrected chi connectivity index (χ3v) is 4.26. The summed E-state index contributed by atoms with van der Waals surface area (Å²) in [5.74, 6) is 0. The Kier molecular flexibility index (Phi) is 4.42. The molecule has 0 unspecified atom stereocenters. The molecule has 0 atom stereocenters. The summed E-state index contributed by atoms with van der Waals surface area (Å²) in [6.07, 6.45) is 2.24. The van der Waals surface area contributed by atoms with Crippen LogP contribution in [0.25, 0.3) is 0 Å². The Morgan fingerprint density at radius 3 is 2.24 bits per heavy atom. The Balaban J connectivity index is 2.16. The van der Waals surface area contributed by atoms with Gasteiger partial charge in [0.25, 0.3) is 0 Å². The fourth-order valence-corrected chi connectivity index (χ4v) is 2.82. The van der Waals surface area contributed by atoms with Crippen molar-refractivity contribution in [1.82, 2.24) is 5.32 Å². The molecule has 1 aliphatic rings. The summed E-state index contributed by atoms with van der Waals surface area (Å²) in [5.41, 5.74) is 0.982. The molecule has 1 N–H and O–H groups in total. The Morgan fingerprint density at radius 1 is 1.06 bits per heavy atom. The highest BCUT2D eigenvalue weighted by Crippen LogP contribution is 2.35. The predicted molar refractivity (Wildman–Crippen MR) is 75.8 cm³/mol. The molecule has 0 amide bonds. The van der Waals surface area contributed by atoms with Crippen LogP contribution in [-0.2, 0) is 0 Å². The van der Waals surface area contributed by atoms with Crippen molar-refractivity contribution in [3.8, 4) is 0 Å². The van der Waals surface area contributed by atoms with Gasteiger partial charge in [-0.1, -0.05) is 34.8 Å². The van der Waals surface area contributed by atoms with E-state index in [-0.39, 0.29) is 0 Å². The zero-order valence-corrected chi connectivity index (χ0v) is 11.9. The molecule has 1 aliphatic heterocycles. The fraction of sp³-hybridized carbons (Fsp3) is 0.500. The summed E-state index contributed by atoms with van der Waals surface area (Å²) in [4.78, 5) is 2.26. The molecule has 2 nitrogen and oxygen atoms in total. The summed E-state index contributed by atoms with van der Waals surface area (Å²) in [7, 11) is 2.01. The lowest BCUT2D eigenvalue weighted by Crippen LogP contribution is -2.41. The molecular formula is C12H15Cl3N2. The largest absolute Gasteiger partial charge is 0.370 e. The van der Waals surface area contributed by atoms with Crippen LogP contribution in [-0.4, -0.2) is 26.2 Å². The van der Waals surface area contributed by atoms with E-state index in [1.807, 2.05) is 13.1 Å². The number of benzene rings is 1. The summed E-state index contributed by atoms with van der Waals surface area (Å²) in [6, 6.07) is 4.17. The molecule has 1 aromatic carbocycles. The van der Waals surface area contributed by atoms with Crippen LogP contribution >= 0.6 is 34.8 Å². The summed E-state index contributed by atoms with van der Waals surface area (Å²) < 4.78 is 0. The highest BCUT2D eigenvalue weighted by atomic mass is 35.5. The summed E-state index contributed by atoms with van der Waals surface area (Å²) in [5, 5.41) is 5.04. The number of hydrogen-bond acceptors (Lipinski definition) is 2. The number of piperidine rings is 1. The molecule has 0 spiro atoms. The minimum absolute atomic E-state index is 0.505. The van der Waals surface area contributed by atoms with Crippen LogP contribution < -0.4 is 10.2 Å². The van der Waals surface area contributed by atoms with Crippen molar-refractivity contribution in [2.45, 2.75) is 18.9 Å². The Labute approximate surface area is 117 Å². The number of hydrogen-bond donors (Lipinski definition) is 1. The second-order valence-corrected chi connectivity index (χ2v) is 5.49. The highest BCUT2D eigenvalue weighted by molar-refractivity contribution is 6.44. The van der Waals surface area contributed by atoms with Gasteiger partial charge in [0, 0.05) is 19.1 Å². The quantitative estimate of drug-likeness (QED) is 0.834. The van der Waals surface area contributed by atoms with Gasteiger partial charge in [-0.05, 0) is 32.0 Å². The van der Waals surface area contributed by atoms with Gasteiger partial charge in [-0.25, -0.2) is 0 Å². The van der Waals surface area contributed by atoms with Crippen molar-refractivity contribution >= 4 is 40.5 Å². The molecule has 0 aliphatic carbocycles. The van der Waals surface area contributed by atoms with E-state index in [4.69, 9.17) is 34.8 Å². The maximum atomic E-state index is 6.20. The Hall–Kier alpha value is -0.150. The molecule has 0 bridgehead atoms. The lowest BCUT2D eigenvalue weighted by molar-refractivity contribution is 0.442. The number of anilines is 1. The van der Waals surface area contributed by atoms with Crippen molar-refractivity contribution in [2.75, 3.05) is 25.0 Å². The van der Waals surface area contributed by atoms with E-state index in [2.05, 4.69) is 10.2 Å². The first-order valence-corrected chi connectivity index (χ1v) is 6.82. The number of nitrogens with zero attached hydrogens (tertiary/aromatic N) is 1. The maximum absolute atomic E-state index is 6.20. The standard InChI is InChI=1S/C12H15Cl3N2/c1-16-8-2-4-17(5-3-8)12-7-10(14)9(13)6-11(12)15/h6-8,16H,2-5H2,1H3. The molecule has 1 heterocycles. The van der Waals surface area contributed by atoms with E-state index >= 15 is 0 Å². The van der Waals surface area contributed by atoms with Crippen molar-refractivity contribution in [1.29, 1.82) is 0 Å². The monoisotopic (exact) mass is 292 g/mol. The second-order valence-electron chi connectivity index (χ2n) is 4.27. The highest BCUT2D eigenvalue weighted by Gasteiger charge is 2.20. The van der Waals surface area contributed by atoms with Crippen molar-refractivity contribution in [2.24, 2.45) is 0 Å². The molecule has 0 aromatic heterocycles. The van der Waals surface area contributed by atoms with Gasteiger partial charge in [0.2, 0.25) is 0 Å². The van der Waals surface area contributed by atoms with Gasteiger partial charge in [-0.3, -0.25) is 0 Å². The average molecular weight is 294 g/mol. The molecule has 2 rings (SSSR count). The van der Waals surface area contributed by atoms with Gasteiger partial charge in [-0.2, -0.15) is 0 Å². The first-order chi connectivity index (χ1) is 8.11. The normalized spacial score (nSPS) is 17.5. The van der Waals surface area contributed by atoms with Crippen LogP contribution in [0.15, 0.2) is 12.1 Å². The number of halogens is 3. The molecule has 17 heavy (non-hydrogen) atoms. The van der Waals surface area contributed by atoms with E-state index in [1.165, 1.54) is 0 Å². The van der Waals surface area contributed by atoms with Crippen molar-refractivity contribution < 1.29 is 0 Å². The summed E-state index contributed by atoms with van der Waals surface area (Å²) in [6.45, 7) is 1.98. The van der Waals surface area contributed by atoms with Crippen molar-refractivity contribution in [3.05, 3.63) is 27.2 Å². The van der Waals surface area contributed by atoms with Gasteiger partial charge in [-0.15, -0.1) is 0 Å². The van der Waals surface area contributed by atoms with Crippen LogP contribution in [0.5, 0.6) is 0 Å². The van der Waals surface area contributed by atoms with E-state index in [0.717, 1.165) is 31.6 Å². The van der Waals surface area contributed by atoms with Crippen molar-refractivity contribution in [3.63, 3.8) is 0 Å². The maximum Gasteiger partial charge on any atom is 0.0655 e. The topological polar surface area (TPSA) is 15.3 Å². The van der Waals surface area contributed by atoms with E-state index in [0.29, 0.717) is 21.1 Å². The van der Waals surface area contributed by atoms with Gasteiger partial charge in [0.1, 0.15) is 0 Å². The second kappa shape index (κ2) is 5.66.